The molecule has 2 N–H and O–H groups in total. The zero-order valence-corrected chi connectivity index (χ0v) is 21.1. The average Bonchev–Trinajstić information content (AvgIpc) is 2.92. The second-order valence-corrected chi connectivity index (χ2v) is 7.03. The van der Waals surface area contributed by atoms with Crippen molar-refractivity contribution in [2.24, 2.45) is 0 Å². The predicted molar refractivity (Wildman–Crippen MR) is 139 cm³/mol. The molecule has 2 aromatic heterocycles. The number of pyridine rings is 2. The predicted octanol–water partition coefficient (Wildman–Crippen LogP) is 5.98. The maximum absolute atomic E-state index is 13.4. The van der Waals surface area contributed by atoms with Gasteiger partial charge in [-0.2, -0.15) is 0 Å². The highest BCUT2D eigenvalue weighted by molar-refractivity contribution is 5.74. The molecular formula is C27H36F2N4O2. The van der Waals surface area contributed by atoms with Gasteiger partial charge in [0.25, 0.3) is 0 Å². The standard InChI is InChI=1S/C12H7F2NO.C11H17N3O.2C2H6/c13-10-4-2-1-3-9(10)12-11(14)6-5-8(7-16)15-12;1-12-10-8-13-5-2-11(10)14-6-3-9(15)4-7-14;2*1-2/h1-7H;2,5,8-9,12,15H,3-4,6-7H2,1H3;2*1-2H3. The van der Waals surface area contributed by atoms with Gasteiger partial charge in [-0.15, -0.1) is 0 Å². The Morgan fingerprint density at radius 3 is 2.26 bits per heavy atom. The number of nitrogens with one attached hydrogen (secondary N) is 1. The minimum atomic E-state index is -0.657. The quantitative estimate of drug-likeness (QED) is 0.442. The van der Waals surface area contributed by atoms with Crippen molar-refractivity contribution in [2.45, 2.75) is 46.6 Å². The number of hydrogen-bond acceptors (Lipinski definition) is 6. The number of halogens is 2. The first kappa shape index (κ1) is 29.6. The first-order chi connectivity index (χ1) is 17.0. The summed E-state index contributed by atoms with van der Waals surface area (Å²) in [6.07, 6.45) is 5.71. The zero-order chi connectivity index (χ0) is 26.2. The lowest BCUT2D eigenvalue weighted by Crippen LogP contribution is -2.36. The van der Waals surface area contributed by atoms with E-state index in [1.165, 1.54) is 30.0 Å². The molecular weight excluding hydrogens is 450 g/mol. The Morgan fingerprint density at radius 2 is 1.66 bits per heavy atom. The number of aliphatic hydroxyl groups excluding tert-OH is 1. The van der Waals surface area contributed by atoms with Gasteiger partial charge in [0.1, 0.15) is 23.0 Å². The number of carbonyl (C=O) groups excluding carboxylic acids is 1. The van der Waals surface area contributed by atoms with E-state index in [4.69, 9.17) is 0 Å². The van der Waals surface area contributed by atoms with Gasteiger partial charge in [-0.05, 0) is 43.2 Å². The Labute approximate surface area is 207 Å². The van der Waals surface area contributed by atoms with Gasteiger partial charge in [-0.1, -0.05) is 39.8 Å². The van der Waals surface area contributed by atoms with Gasteiger partial charge in [0.2, 0.25) is 0 Å². The minimum absolute atomic E-state index is 0.0451. The summed E-state index contributed by atoms with van der Waals surface area (Å²) in [6, 6.07) is 10.1. The van der Waals surface area contributed by atoms with Crippen molar-refractivity contribution >= 4 is 17.7 Å². The van der Waals surface area contributed by atoms with Crippen LogP contribution in [0.15, 0.2) is 54.9 Å². The fourth-order valence-electron chi connectivity index (χ4n) is 3.33. The lowest BCUT2D eigenvalue weighted by Gasteiger charge is -2.32. The first-order valence-electron chi connectivity index (χ1n) is 11.9. The monoisotopic (exact) mass is 486 g/mol. The number of aliphatic hydroxyl groups is 1. The molecule has 0 bridgehead atoms. The van der Waals surface area contributed by atoms with Gasteiger partial charge >= 0.3 is 0 Å². The molecule has 3 heterocycles. The maximum atomic E-state index is 13.4. The van der Waals surface area contributed by atoms with E-state index in [2.05, 4.69) is 20.2 Å². The molecule has 0 amide bonds. The molecule has 1 aliphatic rings. The number of benzene rings is 1. The van der Waals surface area contributed by atoms with Crippen molar-refractivity contribution in [1.82, 2.24) is 9.97 Å². The zero-order valence-electron chi connectivity index (χ0n) is 21.1. The molecule has 190 valence electrons. The van der Waals surface area contributed by atoms with Gasteiger partial charge in [0.05, 0.1) is 23.7 Å². The SMILES string of the molecule is CC.CC.CNc1cnccc1N1CCC(O)CC1.O=Cc1ccc(F)c(-c2ccccc2F)n1. The van der Waals surface area contributed by atoms with Crippen molar-refractivity contribution in [3.63, 3.8) is 0 Å². The summed E-state index contributed by atoms with van der Waals surface area (Å²) in [5, 5.41) is 12.6. The molecule has 6 nitrogen and oxygen atoms in total. The molecule has 0 spiro atoms. The van der Waals surface area contributed by atoms with Gasteiger partial charge in [0, 0.05) is 31.9 Å². The molecule has 35 heavy (non-hydrogen) atoms. The molecule has 4 rings (SSSR count). The second kappa shape index (κ2) is 16.3. The Balaban J connectivity index is 0.000000307. The number of anilines is 2. The summed E-state index contributed by atoms with van der Waals surface area (Å²) >= 11 is 0. The maximum Gasteiger partial charge on any atom is 0.168 e. The van der Waals surface area contributed by atoms with E-state index in [0.29, 0.717) is 6.29 Å². The summed E-state index contributed by atoms with van der Waals surface area (Å²) in [7, 11) is 1.90. The van der Waals surface area contributed by atoms with Gasteiger partial charge in [-0.25, -0.2) is 13.8 Å². The molecule has 0 aliphatic carbocycles. The van der Waals surface area contributed by atoms with Crippen LogP contribution >= 0.6 is 0 Å². The van der Waals surface area contributed by atoms with E-state index >= 15 is 0 Å². The molecule has 0 atom stereocenters. The summed E-state index contributed by atoms with van der Waals surface area (Å²) in [5.74, 6) is -1.23. The van der Waals surface area contributed by atoms with Crippen LogP contribution in [-0.2, 0) is 0 Å². The van der Waals surface area contributed by atoms with E-state index in [1.54, 1.807) is 12.3 Å². The number of piperidine rings is 1. The third kappa shape index (κ3) is 8.72. The topological polar surface area (TPSA) is 78.4 Å². The average molecular weight is 487 g/mol. The summed E-state index contributed by atoms with van der Waals surface area (Å²) in [6.45, 7) is 9.83. The van der Waals surface area contributed by atoms with E-state index in [1.807, 2.05) is 47.0 Å². The minimum Gasteiger partial charge on any atom is -0.393 e. The molecule has 0 saturated carbocycles. The van der Waals surface area contributed by atoms with Crippen LogP contribution in [0.3, 0.4) is 0 Å². The van der Waals surface area contributed by atoms with Crippen molar-refractivity contribution in [3.05, 3.63) is 72.2 Å². The molecule has 8 heteroatoms. The van der Waals surface area contributed by atoms with Crippen LogP contribution in [0.4, 0.5) is 20.2 Å². The molecule has 1 fully saturated rings. The lowest BCUT2D eigenvalue weighted by molar-refractivity contribution is 0.111. The van der Waals surface area contributed by atoms with Crippen LogP contribution < -0.4 is 10.2 Å². The smallest absolute Gasteiger partial charge is 0.168 e. The number of rotatable bonds is 4. The van der Waals surface area contributed by atoms with Gasteiger partial charge < -0.3 is 15.3 Å². The van der Waals surface area contributed by atoms with Gasteiger partial charge in [-0.3, -0.25) is 9.78 Å². The first-order valence-corrected chi connectivity index (χ1v) is 11.9. The molecule has 0 unspecified atom stereocenters. The summed E-state index contributed by atoms with van der Waals surface area (Å²) in [4.78, 5) is 20.6. The molecule has 1 aliphatic heterocycles. The van der Waals surface area contributed by atoms with Crippen molar-refractivity contribution in [2.75, 3.05) is 30.4 Å². The second-order valence-electron chi connectivity index (χ2n) is 7.03. The van der Waals surface area contributed by atoms with Gasteiger partial charge in [0.15, 0.2) is 6.29 Å². The Bertz CT molecular complexity index is 1030. The highest BCUT2D eigenvalue weighted by Gasteiger charge is 2.18. The molecule has 1 aromatic carbocycles. The fourth-order valence-corrected chi connectivity index (χ4v) is 3.33. The Morgan fingerprint density at radius 1 is 1.00 bits per heavy atom. The third-order valence-corrected chi connectivity index (χ3v) is 4.99. The van der Waals surface area contributed by atoms with Crippen molar-refractivity contribution in [1.29, 1.82) is 0 Å². The largest absolute Gasteiger partial charge is 0.393 e. The fraction of sp³-hybridized carbons (Fsp3) is 0.370. The van der Waals surface area contributed by atoms with Crippen LogP contribution in [0.1, 0.15) is 51.0 Å². The highest BCUT2D eigenvalue weighted by Crippen LogP contribution is 2.27. The molecule has 1 saturated heterocycles. The van der Waals surface area contributed by atoms with Crippen LogP contribution in [0.5, 0.6) is 0 Å². The number of carbonyl (C=O) groups is 1. The van der Waals surface area contributed by atoms with E-state index < -0.39 is 11.6 Å². The summed E-state index contributed by atoms with van der Waals surface area (Å²) < 4.78 is 26.8. The van der Waals surface area contributed by atoms with E-state index in [-0.39, 0.29) is 23.1 Å². The third-order valence-electron chi connectivity index (χ3n) is 4.99. The highest BCUT2D eigenvalue weighted by atomic mass is 19.1. The van der Waals surface area contributed by atoms with Crippen molar-refractivity contribution in [3.8, 4) is 11.3 Å². The van der Waals surface area contributed by atoms with E-state index in [0.717, 1.165) is 37.7 Å². The number of aldehydes is 1. The van der Waals surface area contributed by atoms with Crippen LogP contribution in [0.2, 0.25) is 0 Å². The summed E-state index contributed by atoms with van der Waals surface area (Å²) in [5.41, 5.74) is 2.19. The Hall–Kier alpha value is -3.39. The number of nitrogens with zero attached hydrogens (tertiary/aromatic N) is 3. The van der Waals surface area contributed by atoms with Crippen LogP contribution in [0, 0.1) is 11.6 Å². The normalized spacial score (nSPS) is 12.6. The van der Waals surface area contributed by atoms with E-state index in [9.17, 15) is 18.7 Å². The molecule has 3 aromatic rings. The lowest BCUT2D eigenvalue weighted by atomic mass is 10.1. The number of hydrogen-bond donors (Lipinski definition) is 2. The molecule has 0 radical (unpaired) electrons. The Kier molecular flexibility index (Phi) is 13.8. The van der Waals surface area contributed by atoms with Crippen LogP contribution in [-0.4, -0.2) is 47.6 Å². The van der Waals surface area contributed by atoms with Crippen molar-refractivity contribution < 1.29 is 18.7 Å². The van der Waals surface area contributed by atoms with Crippen LogP contribution in [0.25, 0.3) is 11.3 Å². The number of aromatic nitrogens is 2.